The van der Waals surface area contributed by atoms with Crippen LogP contribution in [0.4, 0.5) is 4.79 Å². The van der Waals surface area contributed by atoms with Crippen molar-refractivity contribution < 1.29 is 19.5 Å². The Morgan fingerprint density at radius 3 is 2.44 bits per heavy atom. The number of likely N-dealkylation sites (tertiary alicyclic amines) is 1. The van der Waals surface area contributed by atoms with E-state index in [2.05, 4.69) is 5.32 Å². The molecule has 4 rings (SSSR count). The average Bonchev–Trinajstić information content (AvgIpc) is 3.38. The number of ketones is 1. The number of hydrogen-bond donors (Lipinski definition) is 2. The third-order valence-electron chi connectivity index (χ3n) is 7.90. The van der Waals surface area contributed by atoms with Crippen LogP contribution >= 0.6 is 11.6 Å². The van der Waals surface area contributed by atoms with Crippen LogP contribution in [0.15, 0.2) is 18.2 Å². The molecule has 2 N–H and O–H groups in total. The molecular formula is C24H32ClN3O4. The Morgan fingerprint density at radius 1 is 1.22 bits per heavy atom. The van der Waals surface area contributed by atoms with Crippen LogP contribution in [0.2, 0.25) is 5.02 Å². The molecule has 1 aromatic rings. The number of benzene rings is 1. The Hall–Kier alpha value is -2.12. The van der Waals surface area contributed by atoms with E-state index in [0.29, 0.717) is 37.5 Å². The summed E-state index contributed by atoms with van der Waals surface area (Å²) in [6.45, 7) is 5.78. The van der Waals surface area contributed by atoms with Crippen LogP contribution in [-0.4, -0.2) is 71.5 Å². The summed E-state index contributed by atoms with van der Waals surface area (Å²) < 4.78 is 0. The number of Topliss-reactive ketones (excluding diaryl/α,β-unsaturated/α-hetero) is 1. The van der Waals surface area contributed by atoms with Crippen molar-refractivity contribution in [1.29, 1.82) is 0 Å². The number of carboxylic acid groups (broad SMARTS) is 1. The fourth-order valence-electron chi connectivity index (χ4n) is 5.35. The van der Waals surface area contributed by atoms with Crippen LogP contribution < -0.4 is 5.32 Å². The van der Waals surface area contributed by atoms with Crippen molar-refractivity contribution in [3.8, 4) is 0 Å². The molecule has 2 heterocycles. The van der Waals surface area contributed by atoms with E-state index in [1.54, 1.807) is 0 Å². The third kappa shape index (κ3) is 3.79. The van der Waals surface area contributed by atoms with Gasteiger partial charge in [-0.25, -0.2) is 4.79 Å². The number of aryl methyl sites for hydroxylation is 1. The van der Waals surface area contributed by atoms with E-state index in [1.165, 1.54) is 11.9 Å². The maximum absolute atomic E-state index is 14.0. The highest BCUT2D eigenvalue weighted by atomic mass is 35.5. The number of rotatable bonds is 5. The zero-order chi connectivity index (χ0) is 23.3. The molecule has 0 spiro atoms. The van der Waals surface area contributed by atoms with E-state index in [1.807, 2.05) is 36.9 Å². The van der Waals surface area contributed by atoms with Gasteiger partial charge in [-0.05, 0) is 49.8 Å². The van der Waals surface area contributed by atoms with Gasteiger partial charge in [0.2, 0.25) is 5.91 Å². The van der Waals surface area contributed by atoms with E-state index in [4.69, 9.17) is 11.6 Å². The lowest BCUT2D eigenvalue weighted by atomic mass is 9.72. The average molecular weight is 462 g/mol. The van der Waals surface area contributed by atoms with Gasteiger partial charge in [0.1, 0.15) is 5.54 Å². The molecule has 7 nitrogen and oxygen atoms in total. The minimum absolute atomic E-state index is 0.0566. The number of likely N-dealkylation sites (N-methyl/N-ethyl adjacent to an activating group) is 1. The number of halogens is 1. The molecule has 1 aromatic carbocycles. The van der Waals surface area contributed by atoms with Gasteiger partial charge in [-0.2, -0.15) is 0 Å². The molecule has 32 heavy (non-hydrogen) atoms. The number of hydrogen-bond acceptors (Lipinski definition) is 4. The molecule has 3 fully saturated rings. The van der Waals surface area contributed by atoms with Crippen LogP contribution in [0.3, 0.4) is 0 Å². The first kappa shape index (κ1) is 23.1. The van der Waals surface area contributed by atoms with Gasteiger partial charge in [-0.3, -0.25) is 14.5 Å². The quantitative estimate of drug-likeness (QED) is 0.702. The van der Waals surface area contributed by atoms with Crippen molar-refractivity contribution in [3.63, 3.8) is 0 Å². The first-order valence-corrected chi connectivity index (χ1v) is 11.7. The lowest BCUT2D eigenvalue weighted by Gasteiger charge is -2.43. The normalized spacial score (nSPS) is 27.2. The summed E-state index contributed by atoms with van der Waals surface area (Å²) in [6, 6.07) is 5.70. The second kappa shape index (κ2) is 8.34. The van der Waals surface area contributed by atoms with Crippen molar-refractivity contribution >= 4 is 29.4 Å². The summed E-state index contributed by atoms with van der Waals surface area (Å²) in [5, 5.41) is 13.8. The molecule has 1 aliphatic carbocycles. The summed E-state index contributed by atoms with van der Waals surface area (Å²) in [7, 11) is 1.49. The summed E-state index contributed by atoms with van der Waals surface area (Å²) in [5.41, 5.74) is 0.379. The molecule has 2 saturated heterocycles. The number of nitrogens with zero attached hydrogens (tertiary/aromatic N) is 2. The first-order chi connectivity index (χ1) is 15.1. The molecule has 174 valence electrons. The molecule has 1 saturated carbocycles. The van der Waals surface area contributed by atoms with Gasteiger partial charge in [0.15, 0.2) is 5.78 Å². The molecular weight excluding hydrogens is 430 g/mol. The van der Waals surface area contributed by atoms with E-state index in [-0.39, 0.29) is 35.5 Å². The Morgan fingerprint density at radius 2 is 1.88 bits per heavy atom. The second-order valence-electron chi connectivity index (χ2n) is 9.95. The monoisotopic (exact) mass is 461 g/mol. The minimum Gasteiger partial charge on any atom is -0.465 e. The van der Waals surface area contributed by atoms with Gasteiger partial charge in [-0.1, -0.05) is 30.7 Å². The molecule has 8 heteroatoms. The van der Waals surface area contributed by atoms with Crippen LogP contribution in [0.1, 0.15) is 49.7 Å². The van der Waals surface area contributed by atoms with Gasteiger partial charge >= 0.3 is 6.09 Å². The van der Waals surface area contributed by atoms with Gasteiger partial charge in [0.05, 0.1) is 0 Å². The summed E-state index contributed by atoms with van der Waals surface area (Å²) >= 11 is 6.37. The number of carbonyl (C=O) groups excluding carboxylic acids is 2. The van der Waals surface area contributed by atoms with Crippen molar-refractivity contribution in [2.75, 3.05) is 33.2 Å². The van der Waals surface area contributed by atoms with E-state index in [0.717, 1.165) is 24.0 Å². The summed E-state index contributed by atoms with van der Waals surface area (Å²) in [6.07, 6.45) is 1.88. The molecule has 2 amide bonds. The van der Waals surface area contributed by atoms with Crippen molar-refractivity contribution in [1.82, 2.24) is 15.1 Å². The molecule has 2 aliphatic heterocycles. The number of amides is 2. The van der Waals surface area contributed by atoms with Crippen LogP contribution in [0.25, 0.3) is 0 Å². The SMILES string of the molecule is Cc1ccc([C@H]2CNC[C@]2(C(=O)C2CCN(C(=O)C3(C)CC3)CC2)N(C)C(=O)O)cc1Cl. The van der Waals surface area contributed by atoms with Gasteiger partial charge in [0, 0.05) is 55.5 Å². The Balaban J connectivity index is 1.60. The molecule has 3 aliphatic rings. The Labute approximate surface area is 194 Å². The highest BCUT2D eigenvalue weighted by Crippen LogP contribution is 2.47. The predicted molar refractivity (Wildman–Crippen MR) is 122 cm³/mol. The third-order valence-corrected chi connectivity index (χ3v) is 8.31. The lowest BCUT2D eigenvalue weighted by Crippen LogP contribution is -2.62. The number of carbonyl (C=O) groups is 3. The van der Waals surface area contributed by atoms with Gasteiger partial charge in [0.25, 0.3) is 0 Å². The van der Waals surface area contributed by atoms with Gasteiger partial charge < -0.3 is 15.3 Å². The molecule has 0 radical (unpaired) electrons. The molecule has 0 bridgehead atoms. The number of nitrogens with one attached hydrogen (secondary N) is 1. The van der Waals surface area contributed by atoms with Crippen LogP contribution in [-0.2, 0) is 9.59 Å². The fourth-order valence-corrected chi connectivity index (χ4v) is 5.54. The zero-order valence-electron chi connectivity index (χ0n) is 19.0. The highest BCUT2D eigenvalue weighted by molar-refractivity contribution is 6.31. The maximum Gasteiger partial charge on any atom is 0.407 e. The summed E-state index contributed by atoms with van der Waals surface area (Å²) in [5.74, 6) is -0.482. The Bertz CT molecular complexity index is 939. The smallest absolute Gasteiger partial charge is 0.407 e. The van der Waals surface area contributed by atoms with E-state index in [9.17, 15) is 19.5 Å². The van der Waals surface area contributed by atoms with E-state index >= 15 is 0 Å². The molecule has 0 aromatic heterocycles. The van der Waals surface area contributed by atoms with Crippen molar-refractivity contribution in [3.05, 3.63) is 34.3 Å². The second-order valence-corrected chi connectivity index (χ2v) is 10.4. The maximum atomic E-state index is 14.0. The standard InChI is InChI=1S/C24H32ClN3O4/c1-15-4-5-17(12-19(15)25)18-13-26-14-24(18,27(3)22(31)32)20(29)16-6-10-28(11-7-16)21(30)23(2)8-9-23/h4-5,12,16,18,26H,6-11,13-14H2,1-3H3,(H,31,32)/t18-,24+/m1/s1. The largest absolute Gasteiger partial charge is 0.465 e. The minimum atomic E-state index is -1.20. The number of piperidine rings is 1. The predicted octanol–water partition coefficient (Wildman–Crippen LogP) is 3.29. The van der Waals surface area contributed by atoms with Gasteiger partial charge in [-0.15, -0.1) is 0 Å². The van der Waals surface area contributed by atoms with Crippen LogP contribution in [0, 0.1) is 18.3 Å². The highest BCUT2D eigenvalue weighted by Gasteiger charge is 2.56. The fraction of sp³-hybridized carbons (Fsp3) is 0.625. The Kier molecular flexibility index (Phi) is 6.01. The summed E-state index contributed by atoms with van der Waals surface area (Å²) in [4.78, 5) is 41.9. The van der Waals surface area contributed by atoms with E-state index < -0.39 is 11.6 Å². The molecule has 2 atom stereocenters. The topological polar surface area (TPSA) is 90.0 Å². The first-order valence-electron chi connectivity index (χ1n) is 11.4. The zero-order valence-corrected chi connectivity index (χ0v) is 19.7. The van der Waals surface area contributed by atoms with Crippen LogP contribution in [0.5, 0.6) is 0 Å². The molecule has 0 unspecified atom stereocenters. The van der Waals surface area contributed by atoms with Crippen molar-refractivity contribution in [2.45, 2.75) is 51.0 Å². The van der Waals surface area contributed by atoms with Crippen molar-refractivity contribution in [2.24, 2.45) is 11.3 Å². The lowest BCUT2D eigenvalue weighted by molar-refractivity contribution is -0.142.